The smallest absolute Gasteiger partial charge is 0.324 e. The minimum Gasteiger partial charge on any atom is -0.465 e. The fraction of sp³-hybridized carbons (Fsp3) is 0.529. The summed E-state index contributed by atoms with van der Waals surface area (Å²) in [4.78, 5) is 23.8. The number of ketones is 1. The fourth-order valence-electron chi connectivity index (χ4n) is 1.99. The van der Waals surface area contributed by atoms with Gasteiger partial charge >= 0.3 is 5.97 Å². The van der Waals surface area contributed by atoms with Crippen molar-refractivity contribution >= 4 is 11.8 Å². The quantitative estimate of drug-likeness (QED) is 0.449. The van der Waals surface area contributed by atoms with Gasteiger partial charge in [-0.3, -0.25) is 9.59 Å². The Morgan fingerprint density at radius 1 is 1.45 bits per heavy atom. The lowest BCUT2D eigenvalue weighted by Gasteiger charge is -2.23. The lowest BCUT2D eigenvalue weighted by atomic mass is 9.79. The molecule has 0 spiro atoms. The van der Waals surface area contributed by atoms with Crippen LogP contribution in [0, 0.1) is 17.3 Å². The number of allylic oxidation sites excluding steroid dienone is 2. The number of carbonyl (C=O) groups is 2. The predicted molar refractivity (Wildman–Crippen MR) is 78.9 cm³/mol. The topological polar surface area (TPSA) is 43.4 Å². The van der Waals surface area contributed by atoms with Gasteiger partial charge in [-0.15, -0.1) is 0 Å². The minimum atomic E-state index is -1.38. The number of hydrogen-bond acceptors (Lipinski definition) is 3. The Morgan fingerprint density at radius 2 is 2.15 bits per heavy atom. The third-order valence-electron chi connectivity index (χ3n) is 3.66. The van der Waals surface area contributed by atoms with E-state index in [0.29, 0.717) is 5.57 Å². The molecule has 3 heteroatoms. The number of esters is 1. The molecule has 0 aliphatic heterocycles. The minimum absolute atomic E-state index is 0.230. The molecule has 1 aliphatic rings. The van der Waals surface area contributed by atoms with E-state index >= 15 is 0 Å². The lowest BCUT2D eigenvalue weighted by molar-refractivity contribution is -0.155. The molecule has 0 saturated heterocycles. The standard InChI is InChI=1S/C17H22O3/c1-5-20-16(19)17(4,14(3)18)13(2)11-12-15-9-7-6-8-10-15/h9H,2,5-8,10H2,1,3-4H3. The van der Waals surface area contributed by atoms with Crippen LogP contribution in [-0.2, 0) is 14.3 Å². The monoisotopic (exact) mass is 274 g/mol. The normalized spacial score (nSPS) is 17.1. The fourth-order valence-corrected chi connectivity index (χ4v) is 1.99. The molecule has 108 valence electrons. The van der Waals surface area contributed by atoms with Crippen molar-refractivity contribution in [2.75, 3.05) is 6.61 Å². The van der Waals surface area contributed by atoms with E-state index in [1.807, 2.05) is 0 Å². The van der Waals surface area contributed by atoms with Crippen LogP contribution in [0.5, 0.6) is 0 Å². The van der Waals surface area contributed by atoms with E-state index in [0.717, 1.165) is 24.8 Å². The van der Waals surface area contributed by atoms with Gasteiger partial charge in [0.1, 0.15) is 0 Å². The first-order valence-corrected chi connectivity index (χ1v) is 7.01. The highest BCUT2D eigenvalue weighted by molar-refractivity contribution is 6.06. The van der Waals surface area contributed by atoms with Crippen molar-refractivity contribution in [3.63, 3.8) is 0 Å². The van der Waals surface area contributed by atoms with E-state index in [1.165, 1.54) is 20.3 Å². The molecule has 1 aliphatic carbocycles. The molecule has 0 amide bonds. The third kappa shape index (κ3) is 3.60. The molecule has 20 heavy (non-hydrogen) atoms. The van der Waals surface area contributed by atoms with Crippen LogP contribution in [0.15, 0.2) is 23.8 Å². The summed E-state index contributed by atoms with van der Waals surface area (Å²) in [7, 11) is 0. The van der Waals surface area contributed by atoms with Crippen LogP contribution in [0.2, 0.25) is 0 Å². The van der Waals surface area contributed by atoms with Crippen LogP contribution in [-0.4, -0.2) is 18.4 Å². The van der Waals surface area contributed by atoms with Gasteiger partial charge in [0, 0.05) is 5.57 Å². The summed E-state index contributed by atoms with van der Waals surface area (Å²) in [6, 6.07) is 0. The zero-order valence-corrected chi connectivity index (χ0v) is 12.5. The number of ether oxygens (including phenoxy) is 1. The molecule has 0 N–H and O–H groups in total. The van der Waals surface area contributed by atoms with Crippen molar-refractivity contribution in [1.29, 1.82) is 0 Å². The number of Topliss-reactive ketones (excluding diaryl/α,β-unsaturated/α-hetero) is 1. The Kier molecular flexibility index (Phi) is 5.76. The second-order valence-electron chi connectivity index (χ2n) is 5.11. The van der Waals surface area contributed by atoms with Crippen molar-refractivity contribution in [1.82, 2.24) is 0 Å². The molecule has 0 radical (unpaired) electrons. The first-order valence-electron chi connectivity index (χ1n) is 7.01. The van der Waals surface area contributed by atoms with Crippen molar-refractivity contribution in [3.8, 4) is 11.8 Å². The van der Waals surface area contributed by atoms with Crippen molar-refractivity contribution in [2.45, 2.75) is 46.5 Å². The van der Waals surface area contributed by atoms with Gasteiger partial charge in [-0.1, -0.05) is 24.5 Å². The van der Waals surface area contributed by atoms with Gasteiger partial charge in [0.2, 0.25) is 0 Å². The van der Waals surface area contributed by atoms with Crippen LogP contribution in [0.3, 0.4) is 0 Å². The Balaban J connectivity index is 2.95. The molecule has 0 saturated carbocycles. The van der Waals surface area contributed by atoms with Crippen LogP contribution in [0.4, 0.5) is 0 Å². The zero-order chi connectivity index (χ0) is 15.2. The zero-order valence-electron chi connectivity index (χ0n) is 12.5. The molecule has 0 heterocycles. The second kappa shape index (κ2) is 7.09. The maximum atomic E-state index is 12.0. The Hall–Kier alpha value is -1.82. The van der Waals surface area contributed by atoms with E-state index in [4.69, 9.17) is 4.74 Å². The van der Waals surface area contributed by atoms with Gasteiger partial charge in [-0.05, 0) is 52.0 Å². The number of rotatable bonds is 4. The summed E-state index contributed by atoms with van der Waals surface area (Å²) in [6.45, 7) is 8.64. The summed E-state index contributed by atoms with van der Waals surface area (Å²) < 4.78 is 4.98. The predicted octanol–water partition coefficient (Wildman–Crippen LogP) is 3.20. The summed E-state index contributed by atoms with van der Waals surface area (Å²) >= 11 is 0. The van der Waals surface area contributed by atoms with E-state index in [2.05, 4.69) is 24.5 Å². The largest absolute Gasteiger partial charge is 0.465 e. The van der Waals surface area contributed by atoms with Gasteiger partial charge in [0.15, 0.2) is 11.2 Å². The average molecular weight is 274 g/mol. The van der Waals surface area contributed by atoms with E-state index in [-0.39, 0.29) is 12.4 Å². The van der Waals surface area contributed by atoms with Gasteiger partial charge in [0.05, 0.1) is 6.61 Å². The molecule has 1 unspecified atom stereocenters. The lowest BCUT2D eigenvalue weighted by Crippen LogP contribution is -2.37. The molecule has 0 aromatic carbocycles. The summed E-state index contributed by atoms with van der Waals surface area (Å²) in [5.41, 5.74) is -0.0137. The van der Waals surface area contributed by atoms with Crippen LogP contribution in [0.25, 0.3) is 0 Å². The van der Waals surface area contributed by atoms with Crippen LogP contribution < -0.4 is 0 Å². The maximum Gasteiger partial charge on any atom is 0.324 e. The van der Waals surface area contributed by atoms with E-state index < -0.39 is 11.4 Å². The second-order valence-corrected chi connectivity index (χ2v) is 5.11. The van der Waals surface area contributed by atoms with Crippen molar-refractivity contribution in [2.24, 2.45) is 5.41 Å². The molecular formula is C17H22O3. The molecule has 1 rings (SSSR count). The summed E-state index contributed by atoms with van der Waals surface area (Å²) in [6.07, 6.45) is 6.43. The highest BCUT2D eigenvalue weighted by atomic mass is 16.5. The highest BCUT2D eigenvalue weighted by Crippen LogP contribution is 2.28. The molecular weight excluding hydrogens is 252 g/mol. The van der Waals surface area contributed by atoms with Crippen molar-refractivity contribution < 1.29 is 14.3 Å². The third-order valence-corrected chi connectivity index (χ3v) is 3.66. The SMILES string of the molecule is C=C(C#CC1=CCCCC1)C(C)(C(C)=O)C(=O)OCC. The summed E-state index contributed by atoms with van der Waals surface area (Å²) in [5.74, 6) is 5.03. The molecule has 0 aromatic heterocycles. The Labute approximate surface area is 121 Å². The maximum absolute atomic E-state index is 12.0. The Morgan fingerprint density at radius 3 is 2.65 bits per heavy atom. The molecule has 1 atom stereocenters. The van der Waals surface area contributed by atoms with Gasteiger partial charge < -0.3 is 4.74 Å². The highest BCUT2D eigenvalue weighted by Gasteiger charge is 2.42. The molecule has 3 nitrogen and oxygen atoms in total. The first-order chi connectivity index (χ1) is 9.42. The summed E-state index contributed by atoms with van der Waals surface area (Å²) in [5, 5.41) is 0. The van der Waals surface area contributed by atoms with Gasteiger partial charge in [-0.25, -0.2) is 0 Å². The van der Waals surface area contributed by atoms with Gasteiger partial charge in [0.25, 0.3) is 0 Å². The van der Waals surface area contributed by atoms with Crippen molar-refractivity contribution in [3.05, 3.63) is 23.8 Å². The Bertz CT molecular complexity index is 502. The van der Waals surface area contributed by atoms with Crippen LogP contribution >= 0.6 is 0 Å². The van der Waals surface area contributed by atoms with Gasteiger partial charge in [-0.2, -0.15) is 0 Å². The molecule has 0 bridgehead atoms. The van der Waals surface area contributed by atoms with E-state index in [9.17, 15) is 9.59 Å². The van der Waals surface area contributed by atoms with Crippen LogP contribution in [0.1, 0.15) is 46.5 Å². The van der Waals surface area contributed by atoms with E-state index in [1.54, 1.807) is 6.92 Å². The average Bonchev–Trinajstić information content (AvgIpc) is 2.44. The molecule has 0 fully saturated rings. The molecule has 0 aromatic rings. The number of hydrogen-bond donors (Lipinski definition) is 0. The number of carbonyl (C=O) groups excluding carboxylic acids is 2. The first kappa shape index (κ1) is 16.2.